The Balaban J connectivity index is 2.00. The summed E-state index contributed by atoms with van der Waals surface area (Å²) in [6, 6.07) is 7.98. The van der Waals surface area contributed by atoms with Crippen LogP contribution in [0.25, 0.3) is 0 Å². The second-order valence-corrected chi connectivity index (χ2v) is 5.39. The van der Waals surface area contributed by atoms with Crippen LogP contribution >= 0.6 is 0 Å². The number of benzene rings is 1. The molecule has 0 spiro atoms. The number of rotatable bonds is 3. The van der Waals surface area contributed by atoms with E-state index in [9.17, 15) is 4.79 Å². The number of amides is 1. The van der Waals surface area contributed by atoms with Gasteiger partial charge in [0.2, 0.25) is 0 Å². The summed E-state index contributed by atoms with van der Waals surface area (Å²) in [6.45, 7) is 6.42. The molecule has 1 aliphatic rings. The Morgan fingerprint density at radius 2 is 2.26 bits per heavy atom. The summed E-state index contributed by atoms with van der Waals surface area (Å²) < 4.78 is 5.51. The second kappa shape index (κ2) is 6.17. The molecule has 0 bridgehead atoms. The number of nitrogens with one attached hydrogen (secondary N) is 1. The highest BCUT2D eigenvalue weighted by atomic mass is 16.5. The van der Waals surface area contributed by atoms with Crippen molar-refractivity contribution >= 4 is 11.6 Å². The van der Waals surface area contributed by atoms with E-state index in [4.69, 9.17) is 4.74 Å². The van der Waals surface area contributed by atoms with Crippen molar-refractivity contribution in [1.29, 1.82) is 0 Å². The van der Waals surface area contributed by atoms with Gasteiger partial charge in [-0.05, 0) is 30.7 Å². The molecule has 1 saturated heterocycles. The average Bonchev–Trinajstić information content (AvgIpc) is 2.39. The predicted molar refractivity (Wildman–Crippen MR) is 76.4 cm³/mol. The maximum Gasteiger partial charge on any atom is 0.254 e. The van der Waals surface area contributed by atoms with Gasteiger partial charge < -0.3 is 15.0 Å². The van der Waals surface area contributed by atoms with Crippen molar-refractivity contribution in [3.8, 4) is 0 Å². The number of nitrogens with zero attached hydrogens (tertiary/aromatic N) is 1. The number of morpholine rings is 1. The summed E-state index contributed by atoms with van der Waals surface area (Å²) in [5.74, 6) is 0.390. The van der Waals surface area contributed by atoms with Gasteiger partial charge in [0.05, 0.1) is 6.61 Å². The first-order valence-electron chi connectivity index (χ1n) is 6.77. The molecule has 0 radical (unpaired) electrons. The Bertz CT molecular complexity index is 446. The number of ether oxygens (including phenoxy) is 1. The van der Waals surface area contributed by atoms with Gasteiger partial charge in [0.1, 0.15) is 6.10 Å². The van der Waals surface area contributed by atoms with Crippen LogP contribution in [-0.2, 0) is 9.53 Å². The second-order valence-electron chi connectivity index (χ2n) is 5.39. The van der Waals surface area contributed by atoms with E-state index < -0.39 is 0 Å². The molecule has 1 aromatic carbocycles. The van der Waals surface area contributed by atoms with Crippen molar-refractivity contribution in [2.45, 2.75) is 25.9 Å². The molecule has 4 nitrogen and oxygen atoms in total. The normalized spacial score (nSPS) is 20.5. The largest absolute Gasteiger partial charge is 0.366 e. The summed E-state index contributed by atoms with van der Waals surface area (Å²) in [5.41, 5.74) is 2.06. The fourth-order valence-corrected chi connectivity index (χ4v) is 2.13. The van der Waals surface area contributed by atoms with E-state index in [1.165, 1.54) is 5.56 Å². The molecule has 0 aromatic heterocycles. The molecule has 1 aliphatic heterocycles. The van der Waals surface area contributed by atoms with Gasteiger partial charge in [0.15, 0.2) is 0 Å². The van der Waals surface area contributed by atoms with E-state index in [-0.39, 0.29) is 12.0 Å². The zero-order valence-corrected chi connectivity index (χ0v) is 11.8. The molecule has 1 amide bonds. The number of hydrogen-bond donors (Lipinski definition) is 1. The fourth-order valence-electron chi connectivity index (χ4n) is 2.13. The molecular formula is C15H22N2O2. The molecule has 1 unspecified atom stereocenters. The van der Waals surface area contributed by atoms with Crippen molar-refractivity contribution in [3.05, 3.63) is 29.8 Å². The van der Waals surface area contributed by atoms with Crippen LogP contribution in [0.15, 0.2) is 24.3 Å². The maximum absolute atomic E-state index is 12.1. The molecule has 4 heteroatoms. The van der Waals surface area contributed by atoms with Crippen molar-refractivity contribution in [1.82, 2.24) is 4.90 Å². The van der Waals surface area contributed by atoms with Gasteiger partial charge in [0.25, 0.3) is 5.91 Å². The molecule has 0 aliphatic carbocycles. The number of carbonyl (C=O) groups is 1. The minimum atomic E-state index is -0.374. The predicted octanol–water partition coefficient (Wildman–Crippen LogP) is 2.08. The third-order valence-corrected chi connectivity index (χ3v) is 3.38. The van der Waals surface area contributed by atoms with Crippen LogP contribution in [0.5, 0.6) is 0 Å². The first-order valence-corrected chi connectivity index (χ1v) is 6.77. The maximum atomic E-state index is 12.1. The first kappa shape index (κ1) is 14.0. The van der Waals surface area contributed by atoms with Crippen LogP contribution in [0, 0.1) is 0 Å². The Labute approximate surface area is 114 Å². The quantitative estimate of drug-likeness (QED) is 0.906. The Hall–Kier alpha value is -1.39. The van der Waals surface area contributed by atoms with Gasteiger partial charge >= 0.3 is 0 Å². The fraction of sp³-hybridized carbons (Fsp3) is 0.533. The van der Waals surface area contributed by atoms with E-state index in [2.05, 4.69) is 30.1 Å². The highest BCUT2D eigenvalue weighted by Gasteiger charge is 2.24. The van der Waals surface area contributed by atoms with E-state index in [0.29, 0.717) is 19.1 Å². The van der Waals surface area contributed by atoms with Gasteiger partial charge in [-0.1, -0.05) is 26.0 Å². The lowest BCUT2D eigenvalue weighted by Gasteiger charge is -2.29. The average molecular weight is 262 g/mol. The highest BCUT2D eigenvalue weighted by molar-refractivity contribution is 5.94. The summed E-state index contributed by atoms with van der Waals surface area (Å²) in [4.78, 5) is 14.2. The Kier molecular flexibility index (Phi) is 4.56. The van der Waals surface area contributed by atoms with Crippen LogP contribution in [-0.4, -0.2) is 43.7 Å². The molecule has 0 saturated carbocycles. The third-order valence-electron chi connectivity index (χ3n) is 3.38. The standard InChI is InChI=1S/C15H22N2O2/c1-11(2)12-5-4-6-13(9-12)16-15(18)14-10-17(3)7-8-19-14/h4-6,9,11,14H,7-8,10H2,1-3H3,(H,16,18). The van der Waals surface area contributed by atoms with E-state index in [0.717, 1.165) is 12.2 Å². The molecule has 2 rings (SSSR count). The Morgan fingerprint density at radius 1 is 1.47 bits per heavy atom. The van der Waals surface area contributed by atoms with Crippen LogP contribution < -0.4 is 5.32 Å². The number of carbonyl (C=O) groups excluding carboxylic acids is 1. The van der Waals surface area contributed by atoms with Gasteiger partial charge in [0, 0.05) is 18.8 Å². The summed E-state index contributed by atoms with van der Waals surface area (Å²) in [6.07, 6.45) is -0.374. The van der Waals surface area contributed by atoms with Crippen LogP contribution in [0.2, 0.25) is 0 Å². The molecule has 1 fully saturated rings. The monoisotopic (exact) mass is 262 g/mol. The molecule has 1 heterocycles. The number of anilines is 1. The van der Waals surface area contributed by atoms with Crippen LogP contribution in [0.3, 0.4) is 0 Å². The number of likely N-dealkylation sites (N-methyl/N-ethyl adjacent to an activating group) is 1. The zero-order chi connectivity index (χ0) is 13.8. The molecule has 1 atom stereocenters. The SMILES string of the molecule is CC(C)c1cccc(NC(=O)C2CN(C)CCO2)c1. The summed E-state index contributed by atoms with van der Waals surface area (Å²) in [7, 11) is 2.00. The lowest BCUT2D eigenvalue weighted by atomic mass is 10.0. The first-order chi connectivity index (χ1) is 9.06. The van der Waals surface area contributed by atoms with Gasteiger partial charge in [-0.2, -0.15) is 0 Å². The van der Waals surface area contributed by atoms with Gasteiger partial charge in [-0.3, -0.25) is 4.79 Å². The topological polar surface area (TPSA) is 41.6 Å². The number of hydrogen-bond acceptors (Lipinski definition) is 3. The molecule has 1 N–H and O–H groups in total. The van der Waals surface area contributed by atoms with E-state index in [1.807, 2.05) is 25.2 Å². The zero-order valence-electron chi connectivity index (χ0n) is 11.8. The minimum absolute atomic E-state index is 0.0625. The van der Waals surface area contributed by atoms with Crippen molar-refractivity contribution < 1.29 is 9.53 Å². The third kappa shape index (κ3) is 3.78. The summed E-state index contributed by atoms with van der Waals surface area (Å²) >= 11 is 0. The van der Waals surface area contributed by atoms with Crippen molar-refractivity contribution in [2.75, 3.05) is 32.1 Å². The molecular weight excluding hydrogens is 240 g/mol. The minimum Gasteiger partial charge on any atom is -0.366 e. The van der Waals surface area contributed by atoms with Crippen molar-refractivity contribution in [2.24, 2.45) is 0 Å². The van der Waals surface area contributed by atoms with E-state index >= 15 is 0 Å². The molecule has 1 aromatic rings. The van der Waals surface area contributed by atoms with E-state index in [1.54, 1.807) is 0 Å². The van der Waals surface area contributed by atoms with Crippen LogP contribution in [0.4, 0.5) is 5.69 Å². The summed E-state index contributed by atoms with van der Waals surface area (Å²) in [5, 5.41) is 2.94. The van der Waals surface area contributed by atoms with Gasteiger partial charge in [-0.25, -0.2) is 0 Å². The lowest BCUT2D eigenvalue weighted by molar-refractivity contribution is -0.132. The van der Waals surface area contributed by atoms with Gasteiger partial charge in [-0.15, -0.1) is 0 Å². The van der Waals surface area contributed by atoms with Crippen LogP contribution in [0.1, 0.15) is 25.3 Å². The smallest absolute Gasteiger partial charge is 0.254 e. The Morgan fingerprint density at radius 3 is 2.95 bits per heavy atom. The van der Waals surface area contributed by atoms with Crippen molar-refractivity contribution in [3.63, 3.8) is 0 Å². The molecule has 104 valence electrons. The highest BCUT2D eigenvalue weighted by Crippen LogP contribution is 2.19. The molecule has 19 heavy (non-hydrogen) atoms. The lowest BCUT2D eigenvalue weighted by Crippen LogP contribution is -2.46.